The van der Waals surface area contributed by atoms with Gasteiger partial charge in [-0.15, -0.1) is 11.3 Å². The summed E-state index contributed by atoms with van der Waals surface area (Å²) in [6, 6.07) is 8.63. The lowest BCUT2D eigenvalue weighted by Gasteiger charge is -2.19. The molecule has 0 atom stereocenters. The first-order valence-corrected chi connectivity index (χ1v) is 8.89. The molecule has 2 rings (SSSR count). The molecule has 0 aliphatic carbocycles. The van der Waals surface area contributed by atoms with Crippen LogP contribution in [0.5, 0.6) is 0 Å². The molecule has 0 amide bonds. The van der Waals surface area contributed by atoms with Crippen molar-refractivity contribution in [1.29, 1.82) is 0 Å². The summed E-state index contributed by atoms with van der Waals surface area (Å²) in [5.74, 6) is 0. The van der Waals surface area contributed by atoms with E-state index in [0.717, 1.165) is 36.0 Å². The lowest BCUT2D eigenvalue weighted by atomic mass is 9.87. The van der Waals surface area contributed by atoms with Crippen LogP contribution in [0.15, 0.2) is 29.6 Å². The Bertz CT molecular complexity index is 567. The third-order valence-electron chi connectivity index (χ3n) is 3.54. The van der Waals surface area contributed by atoms with Crippen LogP contribution in [0.1, 0.15) is 45.4 Å². The highest BCUT2D eigenvalue weighted by atomic mass is 32.1. The van der Waals surface area contributed by atoms with E-state index in [1.165, 1.54) is 12.0 Å². The maximum atomic E-state index is 4.64. The monoisotopic (exact) mass is 317 g/mol. The van der Waals surface area contributed by atoms with E-state index in [9.17, 15) is 0 Å². The molecule has 120 valence electrons. The SMILES string of the molecule is CCCNCCc1csc(Nc2ccc(C(C)(C)C)cc2)n1. The van der Waals surface area contributed by atoms with E-state index in [0.29, 0.717) is 0 Å². The van der Waals surface area contributed by atoms with Crippen LogP contribution in [0.3, 0.4) is 0 Å². The molecule has 1 heterocycles. The van der Waals surface area contributed by atoms with Crippen molar-refractivity contribution in [2.75, 3.05) is 18.4 Å². The highest BCUT2D eigenvalue weighted by Gasteiger charge is 2.13. The van der Waals surface area contributed by atoms with Crippen LogP contribution in [-0.4, -0.2) is 18.1 Å². The van der Waals surface area contributed by atoms with Crippen LogP contribution < -0.4 is 10.6 Å². The van der Waals surface area contributed by atoms with E-state index in [4.69, 9.17) is 0 Å². The molecule has 1 aromatic heterocycles. The van der Waals surface area contributed by atoms with Gasteiger partial charge in [0.25, 0.3) is 0 Å². The van der Waals surface area contributed by atoms with Crippen molar-refractivity contribution in [2.24, 2.45) is 0 Å². The average molecular weight is 318 g/mol. The van der Waals surface area contributed by atoms with Crippen molar-refractivity contribution in [1.82, 2.24) is 10.3 Å². The van der Waals surface area contributed by atoms with E-state index in [2.05, 4.69) is 73.0 Å². The number of thiazole rings is 1. The second-order valence-corrected chi connectivity index (χ2v) is 7.45. The molecule has 3 nitrogen and oxygen atoms in total. The summed E-state index contributed by atoms with van der Waals surface area (Å²) in [7, 11) is 0. The molecule has 4 heteroatoms. The molecule has 1 aromatic carbocycles. The number of hydrogen-bond acceptors (Lipinski definition) is 4. The van der Waals surface area contributed by atoms with Gasteiger partial charge in [-0.1, -0.05) is 39.8 Å². The van der Waals surface area contributed by atoms with E-state index in [1.807, 2.05) is 0 Å². The Morgan fingerprint density at radius 3 is 2.45 bits per heavy atom. The van der Waals surface area contributed by atoms with Crippen LogP contribution in [0, 0.1) is 0 Å². The first-order chi connectivity index (χ1) is 10.5. The zero-order chi connectivity index (χ0) is 16.0. The third-order valence-corrected chi connectivity index (χ3v) is 4.35. The average Bonchev–Trinajstić information content (AvgIpc) is 2.91. The summed E-state index contributed by atoms with van der Waals surface area (Å²) < 4.78 is 0. The number of hydrogen-bond donors (Lipinski definition) is 2. The minimum absolute atomic E-state index is 0.193. The number of benzene rings is 1. The number of rotatable bonds is 7. The first-order valence-electron chi connectivity index (χ1n) is 8.01. The lowest BCUT2D eigenvalue weighted by molar-refractivity contribution is 0.590. The fraction of sp³-hybridized carbons (Fsp3) is 0.500. The largest absolute Gasteiger partial charge is 0.332 e. The normalized spacial score (nSPS) is 11.6. The highest BCUT2D eigenvalue weighted by molar-refractivity contribution is 7.13. The Hall–Kier alpha value is -1.39. The zero-order valence-corrected chi connectivity index (χ0v) is 14.9. The predicted octanol–water partition coefficient (Wildman–Crippen LogP) is 4.73. The van der Waals surface area contributed by atoms with Gasteiger partial charge in [0.05, 0.1) is 5.69 Å². The molecule has 0 fully saturated rings. The number of anilines is 2. The van der Waals surface area contributed by atoms with Crippen LogP contribution in [0.25, 0.3) is 0 Å². The summed E-state index contributed by atoms with van der Waals surface area (Å²) in [6.07, 6.45) is 2.16. The van der Waals surface area contributed by atoms with Gasteiger partial charge in [0.1, 0.15) is 0 Å². The van der Waals surface area contributed by atoms with Gasteiger partial charge in [-0.05, 0) is 36.1 Å². The van der Waals surface area contributed by atoms with Crippen LogP contribution >= 0.6 is 11.3 Å². The summed E-state index contributed by atoms with van der Waals surface area (Å²) >= 11 is 1.67. The van der Waals surface area contributed by atoms with E-state index < -0.39 is 0 Å². The van der Waals surface area contributed by atoms with Crippen molar-refractivity contribution >= 4 is 22.2 Å². The van der Waals surface area contributed by atoms with Gasteiger partial charge in [-0.2, -0.15) is 0 Å². The second-order valence-electron chi connectivity index (χ2n) is 6.60. The molecule has 0 aliphatic rings. The van der Waals surface area contributed by atoms with Gasteiger partial charge < -0.3 is 10.6 Å². The Morgan fingerprint density at radius 2 is 1.82 bits per heavy atom. The minimum Gasteiger partial charge on any atom is -0.332 e. The molecule has 0 aliphatic heterocycles. The Morgan fingerprint density at radius 1 is 1.09 bits per heavy atom. The van der Waals surface area contributed by atoms with Crippen molar-refractivity contribution < 1.29 is 0 Å². The van der Waals surface area contributed by atoms with E-state index >= 15 is 0 Å². The Balaban J connectivity index is 1.90. The minimum atomic E-state index is 0.193. The molecule has 0 spiro atoms. The summed E-state index contributed by atoms with van der Waals surface area (Å²) in [6.45, 7) is 11.0. The fourth-order valence-corrected chi connectivity index (χ4v) is 2.94. The van der Waals surface area contributed by atoms with E-state index in [-0.39, 0.29) is 5.41 Å². The van der Waals surface area contributed by atoms with Gasteiger partial charge >= 0.3 is 0 Å². The van der Waals surface area contributed by atoms with Gasteiger partial charge in [-0.3, -0.25) is 0 Å². The maximum absolute atomic E-state index is 4.64. The van der Waals surface area contributed by atoms with Crippen molar-refractivity contribution in [3.8, 4) is 0 Å². The topological polar surface area (TPSA) is 37.0 Å². The quantitative estimate of drug-likeness (QED) is 0.725. The first kappa shape index (κ1) is 17.0. The second kappa shape index (κ2) is 7.75. The Labute approximate surface area is 138 Å². The van der Waals surface area contributed by atoms with Gasteiger partial charge in [0.2, 0.25) is 0 Å². The van der Waals surface area contributed by atoms with Crippen molar-refractivity contribution in [3.05, 3.63) is 40.9 Å². The molecule has 2 N–H and O–H groups in total. The molecule has 0 saturated carbocycles. The molecule has 0 unspecified atom stereocenters. The Kier molecular flexibility index (Phi) is 5.98. The predicted molar refractivity (Wildman–Crippen MR) is 97.4 cm³/mol. The zero-order valence-electron chi connectivity index (χ0n) is 14.1. The van der Waals surface area contributed by atoms with Gasteiger partial charge in [-0.25, -0.2) is 4.98 Å². The van der Waals surface area contributed by atoms with Gasteiger partial charge in [0.15, 0.2) is 5.13 Å². The summed E-state index contributed by atoms with van der Waals surface area (Å²) in [5, 5.41) is 9.90. The molecule has 0 radical (unpaired) electrons. The molecule has 2 aromatic rings. The lowest BCUT2D eigenvalue weighted by Crippen LogP contribution is -2.17. The van der Waals surface area contributed by atoms with Crippen LogP contribution in [0.2, 0.25) is 0 Å². The van der Waals surface area contributed by atoms with Crippen molar-refractivity contribution in [3.63, 3.8) is 0 Å². The molecule has 22 heavy (non-hydrogen) atoms. The number of aromatic nitrogens is 1. The smallest absolute Gasteiger partial charge is 0.187 e. The summed E-state index contributed by atoms with van der Waals surface area (Å²) in [4.78, 5) is 4.64. The highest BCUT2D eigenvalue weighted by Crippen LogP contribution is 2.26. The standard InChI is InChI=1S/C18H27N3S/c1-5-11-19-12-10-16-13-22-17(21-16)20-15-8-6-14(7-9-15)18(2,3)4/h6-9,13,19H,5,10-12H2,1-4H3,(H,20,21). The summed E-state index contributed by atoms with van der Waals surface area (Å²) in [5.41, 5.74) is 3.79. The van der Waals surface area contributed by atoms with E-state index in [1.54, 1.807) is 11.3 Å². The molecular formula is C18H27N3S. The maximum Gasteiger partial charge on any atom is 0.187 e. The number of nitrogens with one attached hydrogen (secondary N) is 2. The molecule has 0 saturated heterocycles. The van der Waals surface area contributed by atoms with Crippen LogP contribution in [0.4, 0.5) is 10.8 Å². The molecule has 0 bridgehead atoms. The molecular weight excluding hydrogens is 290 g/mol. The number of nitrogens with zero attached hydrogens (tertiary/aromatic N) is 1. The fourth-order valence-electron chi connectivity index (χ4n) is 2.17. The van der Waals surface area contributed by atoms with Crippen LogP contribution in [-0.2, 0) is 11.8 Å². The van der Waals surface area contributed by atoms with Crippen molar-refractivity contribution in [2.45, 2.75) is 46.0 Å². The van der Waals surface area contributed by atoms with Gasteiger partial charge in [0, 0.05) is 24.0 Å². The third kappa shape index (κ3) is 5.11.